The van der Waals surface area contributed by atoms with Crippen molar-refractivity contribution in [3.05, 3.63) is 0 Å². The van der Waals surface area contributed by atoms with E-state index in [0.717, 1.165) is 12.8 Å². The lowest BCUT2D eigenvalue weighted by Gasteiger charge is -2.34. The average Bonchev–Trinajstić information content (AvgIpc) is 1.76. The van der Waals surface area contributed by atoms with Crippen LogP contribution in [0.15, 0.2) is 0 Å². The molecule has 1 aliphatic carbocycles. The summed E-state index contributed by atoms with van der Waals surface area (Å²) < 4.78 is 0. The van der Waals surface area contributed by atoms with Crippen molar-refractivity contribution >= 4 is 6.09 Å². The van der Waals surface area contributed by atoms with Crippen molar-refractivity contribution in [3.63, 3.8) is 0 Å². The van der Waals surface area contributed by atoms with Crippen LogP contribution in [0.5, 0.6) is 0 Å². The van der Waals surface area contributed by atoms with E-state index in [-0.39, 0.29) is 12.1 Å². The highest BCUT2D eigenvalue weighted by atomic mass is 16.4. The monoisotopic (exact) mass is 145 g/mol. The lowest BCUT2D eigenvalue weighted by atomic mass is 9.87. The zero-order valence-corrected chi connectivity index (χ0v) is 5.50. The Kier molecular flexibility index (Phi) is 2.08. The van der Waals surface area contributed by atoms with Crippen LogP contribution in [0.1, 0.15) is 12.8 Å². The predicted molar refractivity (Wildman–Crippen MR) is 35.3 cm³/mol. The molecule has 0 atom stereocenters. The molecule has 1 aliphatic rings. The quantitative estimate of drug-likeness (QED) is 0.304. The molecular formula is C5H11N3O2. The molecule has 1 amide bonds. The fourth-order valence-electron chi connectivity index (χ4n) is 1.05. The third-order valence-electron chi connectivity index (χ3n) is 1.70. The van der Waals surface area contributed by atoms with Gasteiger partial charge < -0.3 is 10.4 Å². The van der Waals surface area contributed by atoms with Crippen LogP contribution in [-0.4, -0.2) is 23.3 Å². The zero-order chi connectivity index (χ0) is 7.56. The Balaban J connectivity index is 2.08. The molecule has 10 heavy (non-hydrogen) atoms. The zero-order valence-electron chi connectivity index (χ0n) is 5.50. The predicted octanol–water partition coefficient (Wildman–Crippen LogP) is -0.752. The Labute approximate surface area is 58.6 Å². The van der Waals surface area contributed by atoms with Crippen LogP contribution in [0.25, 0.3) is 0 Å². The highest BCUT2D eigenvalue weighted by Crippen LogP contribution is 2.18. The van der Waals surface area contributed by atoms with E-state index in [2.05, 4.69) is 10.7 Å². The fraction of sp³-hybridized carbons (Fsp3) is 0.800. The first-order valence-corrected chi connectivity index (χ1v) is 3.18. The Morgan fingerprint density at radius 3 is 2.50 bits per heavy atom. The van der Waals surface area contributed by atoms with Crippen molar-refractivity contribution in [2.45, 2.75) is 24.9 Å². The number of hydrazine groups is 1. The molecule has 0 spiro atoms. The number of carbonyl (C=O) groups is 1. The molecule has 5 heteroatoms. The van der Waals surface area contributed by atoms with Crippen molar-refractivity contribution in [3.8, 4) is 0 Å². The van der Waals surface area contributed by atoms with Crippen LogP contribution in [0, 0.1) is 0 Å². The molecule has 0 aromatic carbocycles. The minimum Gasteiger partial charge on any atom is -0.465 e. The molecular weight excluding hydrogens is 134 g/mol. The number of rotatable bonds is 2. The van der Waals surface area contributed by atoms with Crippen molar-refractivity contribution in [2.75, 3.05) is 0 Å². The van der Waals surface area contributed by atoms with E-state index in [1.54, 1.807) is 0 Å². The Morgan fingerprint density at radius 1 is 1.50 bits per heavy atom. The topological polar surface area (TPSA) is 87.4 Å². The van der Waals surface area contributed by atoms with E-state index in [4.69, 9.17) is 10.9 Å². The van der Waals surface area contributed by atoms with Gasteiger partial charge in [0.25, 0.3) is 0 Å². The molecule has 0 aliphatic heterocycles. The molecule has 0 heterocycles. The fourth-order valence-corrected chi connectivity index (χ4v) is 1.05. The molecule has 1 saturated carbocycles. The van der Waals surface area contributed by atoms with Crippen LogP contribution >= 0.6 is 0 Å². The second-order valence-electron chi connectivity index (χ2n) is 2.48. The van der Waals surface area contributed by atoms with Gasteiger partial charge in [-0.15, -0.1) is 0 Å². The Hall–Kier alpha value is -0.810. The first kappa shape index (κ1) is 7.30. The summed E-state index contributed by atoms with van der Waals surface area (Å²) in [7, 11) is 0. The summed E-state index contributed by atoms with van der Waals surface area (Å²) >= 11 is 0. The number of carboxylic acid groups (broad SMARTS) is 1. The standard InChI is InChI=1S/C5H11N3O2/c6-8-4-1-3(2-4)7-5(9)10/h3-4,7-8H,1-2,6H2,(H,9,10)/t3-,4-. The van der Waals surface area contributed by atoms with Crippen LogP contribution in [0.2, 0.25) is 0 Å². The van der Waals surface area contributed by atoms with E-state index in [9.17, 15) is 4.79 Å². The minimum atomic E-state index is -0.958. The summed E-state index contributed by atoms with van der Waals surface area (Å²) in [5.74, 6) is 5.10. The van der Waals surface area contributed by atoms with Crippen molar-refractivity contribution in [1.29, 1.82) is 0 Å². The first-order valence-electron chi connectivity index (χ1n) is 3.18. The van der Waals surface area contributed by atoms with E-state index in [1.165, 1.54) is 0 Å². The number of hydrogen-bond acceptors (Lipinski definition) is 3. The summed E-state index contributed by atoms with van der Waals surface area (Å²) in [6.45, 7) is 0. The summed E-state index contributed by atoms with van der Waals surface area (Å²) in [6.07, 6.45) is 0.631. The smallest absolute Gasteiger partial charge is 0.404 e. The van der Waals surface area contributed by atoms with Gasteiger partial charge in [-0.25, -0.2) is 4.79 Å². The van der Waals surface area contributed by atoms with Gasteiger partial charge in [0.15, 0.2) is 0 Å². The van der Waals surface area contributed by atoms with Gasteiger partial charge in [-0.05, 0) is 12.8 Å². The summed E-state index contributed by atoms with van der Waals surface area (Å²) in [5.41, 5.74) is 2.57. The molecule has 5 nitrogen and oxygen atoms in total. The molecule has 5 N–H and O–H groups in total. The van der Waals surface area contributed by atoms with Gasteiger partial charge in [0, 0.05) is 12.1 Å². The maximum Gasteiger partial charge on any atom is 0.404 e. The van der Waals surface area contributed by atoms with Gasteiger partial charge >= 0.3 is 6.09 Å². The molecule has 0 aromatic heterocycles. The van der Waals surface area contributed by atoms with Gasteiger partial charge in [-0.1, -0.05) is 0 Å². The Morgan fingerprint density at radius 2 is 2.10 bits per heavy atom. The maximum atomic E-state index is 10.0. The van der Waals surface area contributed by atoms with E-state index < -0.39 is 6.09 Å². The summed E-state index contributed by atoms with van der Waals surface area (Å²) in [6, 6.07) is 0.385. The third kappa shape index (κ3) is 1.58. The highest BCUT2D eigenvalue weighted by molar-refractivity contribution is 5.65. The molecule has 0 aromatic rings. The van der Waals surface area contributed by atoms with Crippen LogP contribution < -0.4 is 16.6 Å². The molecule has 0 unspecified atom stereocenters. The molecule has 58 valence electrons. The number of hydrogen-bond donors (Lipinski definition) is 4. The molecule has 1 fully saturated rings. The summed E-state index contributed by atoms with van der Waals surface area (Å²) in [5, 5.41) is 10.6. The van der Waals surface area contributed by atoms with Crippen molar-refractivity contribution in [1.82, 2.24) is 10.7 Å². The summed E-state index contributed by atoms with van der Waals surface area (Å²) in [4.78, 5) is 10.0. The maximum absolute atomic E-state index is 10.0. The lowest BCUT2D eigenvalue weighted by molar-refractivity contribution is 0.173. The van der Waals surface area contributed by atoms with E-state index >= 15 is 0 Å². The van der Waals surface area contributed by atoms with Crippen LogP contribution in [-0.2, 0) is 0 Å². The second-order valence-corrected chi connectivity index (χ2v) is 2.48. The van der Waals surface area contributed by atoms with Crippen molar-refractivity contribution in [2.24, 2.45) is 5.84 Å². The molecule has 0 bridgehead atoms. The second kappa shape index (κ2) is 2.85. The average molecular weight is 145 g/mol. The largest absolute Gasteiger partial charge is 0.465 e. The lowest BCUT2D eigenvalue weighted by Crippen LogP contribution is -2.53. The van der Waals surface area contributed by atoms with Gasteiger partial charge in [0.2, 0.25) is 0 Å². The van der Waals surface area contributed by atoms with E-state index in [0.29, 0.717) is 0 Å². The van der Waals surface area contributed by atoms with Gasteiger partial charge in [0.1, 0.15) is 0 Å². The number of nitrogens with two attached hydrogens (primary N) is 1. The number of amides is 1. The normalized spacial score (nSPS) is 30.9. The van der Waals surface area contributed by atoms with E-state index in [1.807, 2.05) is 0 Å². The van der Waals surface area contributed by atoms with Gasteiger partial charge in [0.05, 0.1) is 0 Å². The molecule has 0 radical (unpaired) electrons. The van der Waals surface area contributed by atoms with Crippen LogP contribution in [0.3, 0.4) is 0 Å². The van der Waals surface area contributed by atoms with Gasteiger partial charge in [-0.3, -0.25) is 11.3 Å². The SMILES string of the molecule is NN[C@H]1C[C@H](NC(=O)O)C1. The van der Waals surface area contributed by atoms with Crippen LogP contribution in [0.4, 0.5) is 4.79 Å². The first-order chi connectivity index (χ1) is 4.72. The third-order valence-corrected chi connectivity index (χ3v) is 1.70. The Bertz CT molecular complexity index is 133. The molecule has 0 saturated heterocycles. The molecule has 1 rings (SSSR count). The van der Waals surface area contributed by atoms with Crippen molar-refractivity contribution < 1.29 is 9.90 Å². The number of nitrogens with one attached hydrogen (secondary N) is 2. The minimum absolute atomic E-state index is 0.0959. The van der Waals surface area contributed by atoms with Gasteiger partial charge in [-0.2, -0.15) is 0 Å². The highest BCUT2D eigenvalue weighted by Gasteiger charge is 2.28.